The molecule has 0 rings (SSSR count). The summed E-state index contributed by atoms with van der Waals surface area (Å²) in [6, 6.07) is -0.212. The molecule has 0 fully saturated rings. The Hall–Kier alpha value is -1.30. The number of hydrogen-bond acceptors (Lipinski definition) is 4. The van der Waals surface area contributed by atoms with Gasteiger partial charge in [0.15, 0.2) is 0 Å². The van der Waals surface area contributed by atoms with Crippen LogP contribution in [-0.2, 0) is 9.53 Å². The maximum Gasteiger partial charge on any atom is 0.407 e. The average molecular weight is 273 g/mol. The van der Waals surface area contributed by atoms with Gasteiger partial charge in [0.1, 0.15) is 5.60 Å². The van der Waals surface area contributed by atoms with Gasteiger partial charge in [-0.25, -0.2) is 4.79 Å². The molecular formula is C13H27N3O3. The summed E-state index contributed by atoms with van der Waals surface area (Å²) in [5.74, 6) is 0.0418. The second-order valence-corrected chi connectivity index (χ2v) is 5.69. The largest absolute Gasteiger partial charge is 0.444 e. The number of rotatable bonds is 6. The predicted octanol–water partition coefficient (Wildman–Crippen LogP) is 0.968. The topological polar surface area (TPSA) is 70.7 Å². The summed E-state index contributed by atoms with van der Waals surface area (Å²) < 4.78 is 5.10. The zero-order chi connectivity index (χ0) is 15.1. The quantitative estimate of drug-likeness (QED) is 0.707. The van der Waals surface area contributed by atoms with Crippen molar-refractivity contribution in [3.05, 3.63) is 0 Å². The molecule has 0 heterocycles. The van der Waals surface area contributed by atoms with Crippen LogP contribution in [0, 0.1) is 0 Å². The van der Waals surface area contributed by atoms with Crippen LogP contribution < -0.4 is 10.6 Å². The SMILES string of the molecule is CC(NCCCNC(=O)OC(C)(C)C)C(=O)N(C)C. The third-order valence-electron chi connectivity index (χ3n) is 2.28. The van der Waals surface area contributed by atoms with E-state index in [2.05, 4.69) is 10.6 Å². The molecule has 0 aliphatic heterocycles. The lowest BCUT2D eigenvalue weighted by Crippen LogP contribution is -2.42. The van der Waals surface area contributed by atoms with Gasteiger partial charge in [-0.3, -0.25) is 4.79 Å². The van der Waals surface area contributed by atoms with E-state index in [1.54, 1.807) is 19.0 Å². The molecule has 6 nitrogen and oxygen atoms in total. The van der Waals surface area contributed by atoms with Crippen molar-refractivity contribution in [1.82, 2.24) is 15.5 Å². The first-order chi connectivity index (χ1) is 8.63. The van der Waals surface area contributed by atoms with E-state index in [1.807, 2.05) is 27.7 Å². The Morgan fingerprint density at radius 1 is 1.21 bits per heavy atom. The molecular weight excluding hydrogens is 246 g/mol. The number of nitrogens with one attached hydrogen (secondary N) is 2. The Labute approximate surface area is 115 Å². The standard InChI is InChI=1S/C13H27N3O3/c1-10(11(17)16(5)6)14-8-7-9-15-12(18)19-13(2,3)4/h10,14H,7-9H2,1-6H3,(H,15,18). The van der Waals surface area contributed by atoms with Crippen LogP contribution in [0.5, 0.6) is 0 Å². The van der Waals surface area contributed by atoms with Crippen molar-refractivity contribution in [2.45, 2.75) is 45.8 Å². The molecule has 0 radical (unpaired) electrons. The van der Waals surface area contributed by atoms with Gasteiger partial charge in [0.25, 0.3) is 0 Å². The summed E-state index contributed by atoms with van der Waals surface area (Å²) in [4.78, 5) is 24.4. The Morgan fingerprint density at radius 2 is 1.79 bits per heavy atom. The van der Waals surface area contributed by atoms with Crippen LogP contribution in [0.25, 0.3) is 0 Å². The van der Waals surface area contributed by atoms with Gasteiger partial charge < -0.3 is 20.3 Å². The molecule has 6 heteroatoms. The van der Waals surface area contributed by atoms with Crippen molar-refractivity contribution in [3.8, 4) is 0 Å². The van der Waals surface area contributed by atoms with E-state index in [0.29, 0.717) is 13.1 Å². The van der Waals surface area contributed by atoms with Crippen LogP contribution >= 0.6 is 0 Å². The van der Waals surface area contributed by atoms with E-state index >= 15 is 0 Å². The van der Waals surface area contributed by atoms with Gasteiger partial charge in [-0.05, 0) is 40.7 Å². The fourth-order valence-electron chi connectivity index (χ4n) is 1.39. The van der Waals surface area contributed by atoms with Gasteiger partial charge in [-0.15, -0.1) is 0 Å². The average Bonchev–Trinajstić information content (AvgIpc) is 2.24. The molecule has 0 spiro atoms. The molecule has 112 valence electrons. The first kappa shape index (κ1) is 17.7. The van der Waals surface area contributed by atoms with Crippen LogP contribution in [0.1, 0.15) is 34.1 Å². The fourth-order valence-corrected chi connectivity index (χ4v) is 1.39. The van der Waals surface area contributed by atoms with Crippen molar-refractivity contribution in [2.75, 3.05) is 27.2 Å². The van der Waals surface area contributed by atoms with E-state index in [-0.39, 0.29) is 11.9 Å². The van der Waals surface area contributed by atoms with Gasteiger partial charge in [0.05, 0.1) is 6.04 Å². The van der Waals surface area contributed by atoms with Crippen molar-refractivity contribution in [2.24, 2.45) is 0 Å². The summed E-state index contributed by atoms with van der Waals surface area (Å²) >= 11 is 0. The first-order valence-electron chi connectivity index (χ1n) is 6.55. The van der Waals surface area contributed by atoms with E-state index in [9.17, 15) is 9.59 Å². The minimum absolute atomic E-state index is 0.0418. The second kappa shape index (κ2) is 7.99. The Bertz CT molecular complexity index is 298. The molecule has 0 aliphatic rings. The smallest absolute Gasteiger partial charge is 0.407 e. The van der Waals surface area contributed by atoms with Crippen molar-refractivity contribution < 1.29 is 14.3 Å². The molecule has 0 aromatic heterocycles. The summed E-state index contributed by atoms with van der Waals surface area (Å²) in [6.07, 6.45) is 0.328. The van der Waals surface area contributed by atoms with Gasteiger partial charge in [-0.2, -0.15) is 0 Å². The van der Waals surface area contributed by atoms with E-state index in [4.69, 9.17) is 4.74 Å². The molecule has 1 atom stereocenters. The Kier molecular flexibility index (Phi) is 7.44. The van der Waals surface area contributed by atoms with Crippen LogP contribution in [0.15, 0.2) is 0 Å². The monoisotopic (exact) mass is 273 g/mol. The summed E-state index contributed by atoms with van der Waals surface area (Å²) in [5, 5.41) is 5.77. The fraction of sp³-hybridized carbons (Fsp3) is 0.846. The van der Waals surface area contributed by atoms with Crippen molar-refractivity contribution in [1.29, 1.82) is 0 Å². The van der Waals surface area contributed by atoms with Gasteiger partial charge in [0, 0.05) is 20.6 Å². The molecule has 2 amide bonds. The molecule has 1 unspecified atom stereocenters. The van der Waals surface area contributed by atoms with Crippen molar-refractivity contribution in [3.63, 3.8) is 0 Å². The molecule has 0 aliphatic carbocycles. The highest BCUT2D eigenvalue weighted by Crippen LogP contribution is 2.06. The molecule has 0 saturated heterocycles. The van der Waals surface area contributed by atoms with Gasteiger partial charge in [-0.1, -0.05) is 0 Å². The third-order valence-corrected chi connectivity index (χ3v) is 2.28. The highest BCUT2D eigenvalue weighted by atomic mass is 16.6. The Morgan fingerprint density at radius 3 is 2.26 bits per heavy atom. The van der Waals surface area contributed by atoms with Crippen molar-refractivity contribution >= 4 is 12.0 Å². The zero-order valence-electron chi connectivity index (χ0n) is 12.9. The number of ether oxygens (including phenoxy) is 1. The minimum Gasteiger partial charge on any atom is -0.444 e. The molecule has 0 aromatic carbocycles. The highest BCUT2D eigenvalue weighted by molar-refractivity contribution is 5.80. The lowest BCUT2D eigenvalue weighted by molar-refractivity contribution is -0.130. The van der Waals surface area contributed by atoms with Crippen LogP contribution in [0.4, 0.5) is 4.79 Å². The lowest BCUT2D eigenvalue weighted by atomic mass is 10.2. The molecule has 0 bridgehead atoms. The number of nitrogens with zero attached hydrogens (tertiary/aromatic N) is 1. The normalized spacial score (nSPS) is 12.7. The third kappa shape index (κ3) is 9.30. The van der Waals surface area contributed by atoms with E-state index in [1.165, 1.54) is 0 Å². The maximum absolute atomic E-state index is 11.5. The molecule has 0 saturated carbocycles. The maximum atomic E-state index is 11.5. The molecule has 19 heavy (non-hydrogen) atoms. The summed E-state index contributed by atoms with van der Waals surface area (Å²) in [6.45, 7) is 8.47. The van der Waals surface area contributed by atoms with Crippen LogP contribution in [-0.4, -0.2) is 55.7 Å². The number of alkyl carbamates (subject to hydrolysis) is 1. The van der Waals surface area contributed by atoms with Crippen LogP contribution in [0.2, 0.25) is 0 Å². The number of amides is 2. The second-order valence-electron chi connectivity index (χ2n) is 5.69. The number of carbonyl (C=O) groups is 2. The molecule has 2 N–H and O–H groups in total. The van der Waals surface area contributed by atoms with Gasteiger partial charge in [0.2, 0.25) is 5.91 Å². The number of hydrogen-bond donors (Lipinski definition) is 2. The minimum atomic E-state index is -0.477. The number of carbonyl (C=O) groups excluding carboxylic acids is 2. The predicted molar refractivity (Wildman–Crippen MR) is 75.0 cm³/mol. The summed E-state index contributed by atoms with van der Waals surface area (Å²) in [5.41, 5.74) is -0.477. The van der Waals surface area contributed by atoms with Crippen LogP contribution in [0.3, 0.4) is 0 Å². The lowest BCUT2D eigenvalue weighted by Gasteiger charge is -2.20. The van der Waals surface area contributed by atoms with E-state index < -0.39 is 11.7 Å². The highest BCUT2D eigenvalue weighted by Gasteiger charge is 2.16. The zero-order valence-corrected chi connectivity index (χ0v) is 12.9. The van der Waals surface area contributed by atoms with Gasteiger partial charge >= 0.3 is 6.09 Å². The number of likely N-dealkylation sites (N-methyl/N-ethyl adjacent to an activating group) is 1. The Balaban J connectivity index is 3.66. The van der Waals surface area contributed by atoms with E-state index in [0.717, 1.165) is 6.42 Å². The first-order valence-corrected chi connectivity index (χ1v) is 6.55. The summed E-state index contributed by atoms with van der Waals surface area (Å²) in [7, 11) is 3.45. The molecule has 0 aromatic rings.